The highest BCUT2D eigenvalue weighted by Crippen LogP contribution is 2.41. The van der Waals surface area contributed by atoms with Gasteiger partial charge in [-0.2, -0.15) is 0 Å². The molecule has 1 aromatic heterocycles. The number of carbonyl (C=O) groups is 3. The van der Waals surface area contributed by atoms with Crippen LogP contribution in [0.1, 0.15) is 45.5 Å². The van der Waals surface area contributed by atoms with Gasteiger partial charge in [-0.1, -0.05) is 0 Å². The Morgan fingerprint density at radius 2 is 1.88 bits per heavy atom. The van der Waals surface area contributed by atoms with E-state index in [2.05, 4.69) is 0 Å². The first kappa shape index (κ1) is 18.1. The fourth-order valence-electron chi connectivity index (χ4n) is 3.89. The van der Waals surface area contributed by atoms with Gasteiger partial charge in [0.25, 0.3) is 5.91 Å². The maximum atomic E-state index is 12.7. The molecule has 0 bridgehead atoms. The van der Waals surface area contributed by atoms with E-state index in [-0.39, 0.29) is 23.7 Å². The number of likely N-dealkylation sites (N-methyl/N-ethyl adjacent to an activating group) is 1. The van der Waals surface area contributed by atoms with Crippen molar-refractivity contribution in [1.29, 1.82) is 0 Å². The van der Waals surface area contributed by atoms with Gasteiger partial charge in [0.1, 0.15) is 0 Å². The Morgan fingerprint density at radius 1 is 1.24 bits per heavy atom. The molecule has 2 fully saturated rings. The Morgan fingerprint density at radius 3 is 2.44 bits per heavy atom. The number of rotatable bonds is 3. The summed E-state index contributed by atoms with van der Waals surface area (Å²) in [7, 11) is 3.51. The minimum atomic E-state index is -0.412. The lowest BCUT2D eigenvalue weighted by molar-refractivity contribution is -0.155. The lowest BCUT2D eigenvalue weighted by Gasteiger charge is -2.47. The first-order valence-electron chi connectivity index (χ1n) is 8.55. The van der Waals surface area contributed by atoms with Gasteiger partial charge in [0, 0.05) is 33.8 Å². The molecule has 0 N–H and O–H groups in total. The second-order valence-corrected chi connectivity index (χ2v) is 8.12. The highest BCUT2D eigenvalue weighted by molar-refractivity contribution is 7.15. The fourth-order valence-corrected chi connectivity index (χ4v) is 4.76. The van der Waals surface area contributed by atoms with Gasteiger partial charge in [0.05, 0.1) is 21.3 Å². The number of methoxy groups -OCH3 is 1. The van der Waals surface area contributed by atoms with Crippen LogP contribution < -0.4 is 0 Å². The molecule has 0 saturated carbocycles. The van der Waals surface area contributed by atoms with Crippen molar-refractivity contribution in [1.82, 2.24) is 9.80 Å². The van der Waals surface area contributed by atoms with Crippen LogP contribution in [0.2, 0.25) is 0 Å². The number of piperidine rings is 2. The number of likely N-dealkylation sites (tertiary alicyclic amines) is 2. The predicted molar refractivity (Wildman–Crippen MR) is 94.9 cm³/mol. The molecule has 1 spiro atoms. The van der Waals surface area contributed by atoms with Gasteiger partial charge in [-0.3, -0.25) is 14.4 Å². The van der Waals surface area contributed by atoms with Crippen molar-refractivity contribution in [2.24, 2.45) is 5.41 Å². The van der Waals surface area contributed by atoms with Crippen LogP contribution in [0.3, 0.4) is 0 Å². The minimum absolute atomic E-state index is 0.0249. The van der Waals surface area contributed by atoms with E-state index in [4.69, 9.17) is 4.74 Å². The van der Waals surface area contributed by atoms with Crippen LogP contribution in [0.15, 0.2) is 12.1 Å². The van der Waals surface area contributed by atoms with Crippen molar-refractivity contribution in [2.75, 3.05) is 33.8 Å². The van der Waals surface area contributed by atoms with E-state index in [9.17, 15) is 14.4 Å². The molecule has 6 nitrogen and oxygen atoms in total. The third-order valence-corrected chi connectivity index (χ3v) is 6.58. The van der Waals surface area contributed by atoms with Crippen LogP contribution in [0, 0.1) is 5.41 Å². The zero-order chi connectivity index (χ0) is 18.2. The zero-order valence-corrected chi connectivity index (χ0v) is 15.7. The standard InChI is InChI=1S/C18H24N2O4S/c1-12(21)14-4-5-15(25-14)16(22)20-8-6-18(7-9-20)10-13(24-3)11-19(2)17(18)23/h4-5,13H,6-11H2,1-3H3. The molecule has 0 aliphatic carbocycles. The van der Waals surface area contributed by atoms with Crippen LogP contribution in [0.5, 0.6) is 0 Å². The largest absolute Gasteiger partial charge is 0.380 e. The smallest absolute Gasteiger partial charge is 0.263 e. The van der Waals surface area contributed by atoms with E-state index < -0.39 is 5.41 Å². The Bertz CT molecular complexity index is 691. The molecule has 25 heavy (non-hydrogen) atoms. The lowest BCUT2D eigenvalue weighted by Crippen LogP contribution is -2.57. The van der Waals surface area contributed by atoms with Crippen molar-refractivity contribution >= 4 is 28.9 Å². The maximum absolute atomic E-state index is 12.7. The second-order valence-electron chi connectivity index (χ2n) is 7.04. The number of Topliss-reactive ketones (excluding diaryl/α,β-unsaturated/α-hetero) is 1. The van der Waals surface area contributed by atoms with Crippen LogP contribution in [0.25, 0.3) is 0 Å². The molecular formula is C18H24N2O4S. The van der Waals surface area contributed by atoms with Gasteiger partial charge in [0.2, 0.25) is 5.91 Å². The van der Waals surface area contributed by atoms with Crippen LogP contribution in [-0.4, -0.2) is 67.3 Å². The van der Waals surface area contributed by atoms with E-state index in [1.165, 1.54) is 18.3 Å². The number of amides is 2. The Labute approximate surface area is 151 Å². The van der Waals surface area contributed by atoms with Gasteiger partial charge in [0.15, 0.2) is 5.78 Å². The molecule has 1 aromatic rings. The Balaban J connectivity index is 1.69. The minimum Gasteiger partial charge on any atom is -0.380 e. The van der Waals surface area contributed by atoms with Crippen LogP contribution in [-0.2, 0) is 9.53 Å². The second kappa shape index (κ2) is 6.88. The summed E-state index contributed by atoms with van der Waals surface area (Å²) < 4.78 is 5.50. The van der Waals surface area contributed by atoms with Crippen molar-refractivity contribution in [3.05, 3.63) is 21.9 Å². The summed E-state index contributed by atoms with van der Waals surface area (Å²) in [6, 6.07) is 3.42. The fraction of sp³-hybridized carbons (Fsp3) is 0.611. The molecule has 2 saturated heterocycles. The summed E-state index contributed by atoms with van der Waals surface area (Å²) in [4.78, 5) is 41.6. The molecule has 1 atom stereocenters. The predicted octanol–water partition coefficient (Wildman–Crippen LogP) is 2.05. The van der Waals surface area contributed by atoms with E-state index in [1.807, 2.05) is 7.05 Å². The molecular weight excluding hydrogens is 340 g/mol. The van der Waals surface area contributed by atoms with E-state index in [0.717, 1.165) is 6.42 Å². The van der Waals surface area contributed by atoms with Gasteiger partial charge in [-0.15, -0.1) is 11.3 Å². The highest BCUT2D eigenvalue weighted by atomic mass is 32.1. The average molecular weight is 364 g/mol. The summed E-state index contributed by atoms with van der Waals surface area (Å²) in [5, 5.41) is 0. The average Bonchev–Trinajstić information content (AvgIpc) is 3.10. The molecule has 3 heterocycles. The summed E-state index contributed by atoms with van der Waals surface area (Å²) in [6.45, 7) is 3.25. The van der Waals surface area contributed by atoms with E-state index in [1.54, 1.807) is 29.0 Å². The molecule has 2 aliphatic rings. The van der Waals surface area contributed by atoms with Gasteiger partial charge < -0.3 is 14.5 Å². The van der Waals surface area contributed by atoms with Gasteiger partial charge in [-0.25, -0.2) is 0 Å². The van der Waals surface area contributed by atoms with Crippen molar-refractivity contribution in [3.8, 4) is 0 Å². The number of carbonyl (C=O) groups excluding carboxylic acids is 3. The number of hydrogen-bond donors (Lipinski definition) is 0. The molecule has 7 heteroatoms. The highest BCUT2D eigenvalue weighted by Gasteiger charge is 2.48. The van der Waals surface area contributed by atoms with Crippen molar-refractivity contribution in [3.63, 3.8) is 0 Å². The topological polar surface area (TPSA) is 66.9 Å². The summed E-state index contributed by atoms with van der Waals surface area (Å²) >= 11 is 1.24. The summed E-state index contributed by atoms with van der Waals surface area (Å²) in [5.41, 5.74) is -0.412. The van der Waals surface area contributed by atoms with Crippen molar-refractivity contribution < 1.29 is 19.1 Å². The van der Waals surface area contributed by atoms with Crippen LogP contribution >= 0.6 is 11.3 Å². The monoisotopic (exact) mass is 364 g/mol. The summed E-state index contributed by atoms with van der Waals surface area (Å²) in [5.74, 6) is 0.0956. The molecule has 0 radical (unpaired) electrons. The van der Waals surface area contributed by atoms with Crippen molar-refractivity contribution in [2.45, 2.75) is 32.3 Å². The SMILES string of the molecule is COC1CN(C)C(=O)C2(CCN(C(=O)c3ccc(C(C)=O)s3)CC2)C1. The van der Waals surface area contributed by atoms with E-state index in [0.29, 0.717) is 42.2 Å². The third-order valence-electron chi connectivity index (χ3n) is 5.40. The maximum Gasteiger partial charge on any atom is 0.263 e. The zero-order valence-electron chi connectivity index (χ0n) is 14.9. The van der Waals surface area contributed by atoms with Gasteiger partial charge in [-0.05, 0) is 38.3 Å². The first-order chi connectivity index (χ1) is 11.9. The number of hydrogen-bond acceptors (Lipinski definition) is 5. The quantitative estimate of drug-likeness (QED) is 0.770. The molecule has 1 unspecified atom stereocenters. The number of ketones is 1. The molecule has 2 amide bonds. The number of thiophene rings is 1. The molecule has 0 aromatic carbocycles. The van der Waals surface area contributed by atoms with Gasteiger partial charge >= 0.3 is 0 Å². The molecule has 3 rings (SSSR count). The first-order valence-corrected chi connectivity index (χ1v) is 9.36. The number of ether oxygens (including phenoxy) is 1. The van der Waals surface area contributed by atoms with Crippen LogP contribution in [0.4, 0.5) is 0 Å². The Hall–Kier alpha value is -1.73. The number of nitrogens with zero attached hydrogens (tertiary/aromatic N) is 2. The Kier molecular flexibility index (Phi) is 4.97. The molecule has 2 aliphatic heterocycles. The normalized spacial score (nSPS) is 23.2. The molecule has 136 valence electrons. The summed E-state index contributed by atoms with van der Waals surface area (Å²) in [6.07, 6.45) is 2.10. The third kappa shape index (κ3) is 3.35. The van der Waals surface area contributed by atoms with E-state index >= 15 is 0 Å². The lowest BCUT2D eigenvalue weighted by atomic mass is 9.71.